The number of rotatable bonds is 3. The first-order chi connectivity index (χ1) is 11.3. The number of carbonyl (C=O) groups excluding carboxylic acids is 1. The predicted octanol–water partition coefficient (Wildman–Crippen LogP) is 1.72. The fourth-order valence-corrected chi connectivity index (χ4v) is 3.64. The number of aryl methyl sites for hydroxylation is 2. The fourth-order valence-electron chi connectivity index (χ4n) is 3.64. The zero-order valence-electron chi connectivity index (χ0n) is 13.2. The van der Waals surface area contributed by atoms with Gasteiger partial charge in [-0.15, -0.1) is 0 Å². The molecule has 1 atom stereocenters. The van der Waals surface area contributed by atoms with Crippen LogP contribution in [0.15, 0.2) is 30.3 Å². The summed E-state index contributed by atoms with van der Waals surface area (Å²) in [7, 11) is 0. The van der Waals surface area contributed by atoms with Crippen molar-refractivity contribution in [3.05, 3.63) is 52.8 Å². The highest BCUT2D eigenvalue weighted by Gasteiger charge is 2.28. The Labute approximate surface area is 136 Å². The van der Waals surface area contributed by atoms with Crippen molar-refractivity contribution in [2.24, 2.45) is 0 Å². The molecule has 5 nitrogen and oxygen atoms in total. The van der Waals surface area contributed by atoms with Crippen molar-refractivity contribution in [2.45, 2.75) is 44.8 Å². The Balaban J connectivity index is 1.41. The molecule has 0 spiro atoms. The normalized spacial score (nSPS) is 19.7. The van der Waals surface area contributed by atoms with Crippen molar-refractivity contribution in [2.75, 3.05) is 6.54 Å². The highest BCUT2D eigenvalue weighted by atomic mass is 16.1. The fraction of sp³-hybridized carbons (Fsp3) is 0.444. The van der Waals surface area contributed by atoms with E-state index in [0.29, 0.717) is 6.54 Å². The third kappa shape index (κ3) is 2.88. The lowest BCUT2D eigenvalue weighted by Crippen LogP contribution is -2.28. The van der Waals surface area contributed by atoms with Crippen LogP contribution in [-0.4, -0.2) is 22.2 Å². The highest BCUT2D eigenvalue weighted by Crippen LogP contribution is 2.32. The van der Waals surface area contributed by atoms with Crippen LogP contribution in [-0.2, 0) is 30.8 Å². The molecular weight excluding hydrogens is 288 g/mol. The second-order valence-electron chi connectivity index (χ2n) is 6.39. The standard InChI is InChI=1S/C18H22N4O/c23-18(17-7-6-13-4-1-2-5-16(13)17)20-11-14-10-15-12-19-8-3-9-22(15)21-14/h1-2,4-5,10,17,19H,3,6-9,11-12H2,(H,20,23)/t17-/m0/s1. The first-order valence-corrected chi connectivity index (χ1v) is 8.43. The minimum atomic E-state index is -0.00620. The first-order valence-electron chi connectivity index (χ1n) is 8.43. The molecule has 1 amide bonds. The van der Waals surface area contributed by atoms with E-state index in [9.17, 15) is 4.79 Å². The third-order valence-electron chi connectivity index (χ3n) is 4.84. The van der Waals surface area contributed by atoms with Crippen LogP contribution >= 0.6 is 0 Å². The van der Waals surface area contributed by atoms with Gasteiger partial charge in [-0.25, -0.2) is 0 Å². The van der Waals surface area contributed by atoms with Crippen molar-refractivity contribution in [1.29, 1.82) is 0 Å². The maximum Gasteiger partial charge on any atom is 0.227 e. The van der Waals surface area contributed by atoms with Gasteiger partial charge in [-0.05, 0) is 43.0 Å². The van der Waals surface area contributed by atoms with Crippen molar-refractivity contribution < 1.29 is 4.79 Å². The molecule has 4 rings (SSSR count). The molecule has 120 valence electrons. The largest absolute Gasteiger partial charge is 0.350 e. The first kappa shape index (κ1) is 14.5. The summed E-state index contributed by atoms with van der Waals surface area (Å²) in [4.78, 5) is 12.5. The van der Waals surface area contributed by atoms with Crippen molar-refractivity contribution >= 4 is 5.91 Å². The number of hydrogen-bond acceptors (Lipinski definition) is 3. The van der Waals surface area contributed by atoms with Crippen molar-refractivity contribution in [3.63, 3.8) is 0 Å². The van der Waals surface area contributed by atoms with Crippen molar-refractivity contribution in [1.82, 2.24) is 20.4 Å². The average molecular weight is 310 g/mol. The van der Waals surface area contributed by atoms with Crippen LogP contribution < -0.4 is 10.6 Å². The SMILES string of the molecule is O=C(NCc1cc2n(n1)CCCNC2)[C@H]1CCc2ccccc21. The van der Waals surface area contributed by atoms with E-state index >= 15 is 0 Å². The molecule has 0 radical (unpaired) electrons. The summed E-state index contributed by atoms with van der Waals surface area (Å²) in [5, 5.41) is 11.1. The number of fused-ring (bicyclic) bond motifs is 2. The van der Waals surface area contributed by atoms with E-state index in [1.807, 2.05) is 12.1 Å². The number of aromatic nitrogens is 2. The summed E-state index contributed by atoms with van der Waals surface area (Å²) in [5.74, 6) is 0.115. The molecule has 1 aliphatic heterocycles. The van der Waals surface area contributed by atoms with Crippen LogP contribution in [0.25, 0.3) is 0 Å². The average Bonchev–Trinajstić information content (AvgIpc) is 3.11. The second-order valence-corrected chi connectivity index (χ2v) is 6.39. The molecule has 0 fully saturated rings. The number of amides is 1. The van der Waals surface area contributed by atoms with Gasteiger partial charge in [0.05, 0.1) is 23.9 Å². The van der Waals surface area contributed by atoms with Crippen LogP contribution in [0.3, 0.4) is 0 Å². The minimum absolute atomic E-state index is 0.00620. The maximum atomic E-state index is 12.5. The lowest BCUT2D eigenvalue weighted by atomic mass is 10.0. The van der Waals surface area contributed by atoms with Crippen molar-refractivity contribution in [3.8, 4) is 0 Å². The Hall–Kier alpha value is -2.14. The van der Waals surface area contributed by atoms with E-state index in [0.717, 1.165) is 44.6 Å². The Morgan fingerprint density at radius 1 is 1.39 bits per heavy atom. The minimum Gasteiger partial charge on any atom is -0.350 e. The molecule has 1 aromatic carbocycles. The van der Waals surface area contributed by atoms with Crippen LogP contribution in [0, 0.1) is 0 Å². The lowest BCUT2D eigenvalue weighted by molar-refractivity contribution is -0.122. The topological polar surface area (TPSA) is 59.0 Å². The summed E-state index contributed by atoms with van der Waals surface area (Å²) in [6, 6.07) is 10.4. The van der Waals surface area contributed by atoms with Gasteiger partial charge in [-0.2, -0.15) is 5.10 Å². The van der Waals surface area contributed by atoms with Gasteiger partial charge in [0.15, 0.2) is 0 Å². The van der Waals surface area contributed by atoms with E-state index in [1.54, 1.807) is 0 Å². The zero-order valence-corrected chi connectivity index (χ0v) is 13.2. The molecule has 0 unspecified atom stereocenters. The number of nitrogens with zero attached hydrogens (tertiary/aromatic N) is 2. The quantitative estimate of drug-likeness (QED) is 0.907. The molecule has 2 heterocycles. The molecule has 0 bridgehead atoms. The molecule has 1 aliphatic carbocycles. The molecule has 23 heavy (non-hydrogen) atoms. The number of benzene rings is 1. The van der Waals surface area contributed by atoms with Gasteiger partial charge in [-0.3, -0.25) is 9.48 Å². The zero-order chi connectivity index (χ0) is 15.6. The predicted molar refractivity (Wildman–Crippen MR) is 87.9 cm³/mol. The molecule has 2 aliphatic rings. The van der Waals surface area contributed by atoms with E-state index in [-0.39, 0.29) is 11.8 Å². The van der Waals surface area contributed by atoms with Crippen LogP contribution in [0.2, 0.25) is 0 Å². The molecule has 2 N–H and O–H groups in total. The van der Waals surface area contributed by atoms with Gasteiger partial charge in [0.1, 0.15) is 0 Å². The van der Waals surface area contributed by atoms with E-state index in [4.69, 9.17) is 0 Å². The summed E-state index contributed by atoms with van der Waals surface area (Å²) in [6.45, 7) is 3.36. The summed E-state index contributed by atoms with van der Waals surface area (Å²) >= 11 is 0. The van der Waals surface area contributed by atoms with E-state index in [1.165, 1.54) is 16.8 Å². The number of nitrogens with one attached hydrogen (secondary N) is 2. The van der Waals surface area contributed by atoms with Gasteiger partial charge < -0.3 is 10.6 Å². The maximum absolute atomic E-state index is 12.5. The Morgan fingerprint density at radius 3 is 3.26 bits per heavy atom. The van der Waals surface area contributed by atoms with Crippen LogP contribution in [0.5, 0.6) is 0 Å². The Morgan fingerprint density at radius 2 is 2.30 bits per heavy atom. The molecule has 0 saturated heterocycles. The van der Waals surface area contributed by atoms with Gasteiger partial charge in [0.2, 0.25) is 5.91 Å². The molecular formula is C18H22N4O. The van der Waals surface area contributed by atoms with Gasteiger partial charge in [0.25, 0.3) is 0 Å². The van der Waals surface area contributed by atoms with Gasteiger partial charge in [-0.1, -0.05) is 24.3 Å². The molecule has 5 heteroatoms. The number of hydrogen-bond donors (Lipinski definition) is 2. The highest BCUT2D eigenvalue weighted by molar-refractivity contribution is 5.84. The van der Waals surface area contributed by atoms with E-state index in [2.05, 4.69) is 38.6 Å². The van der Waals surface area contributed by atoms with E-state index < -0.39 is 0 Å². The monoisotopic (exact) mass is 310 g/mol. The van der Waals surface area contributed by atoms with Crippen LogP contribution in [0.4, 0.5) is 0 Å². The summed E-state index contributed by atoms with van der Waals surface area (Å²) < 4.78 is 2.06. The third-order valence-corrected chi connectivity index (χ3v) is 4.84. The van der Waals surface area contributed by atoms with Gasteiger partial charge >= 0.3 is 0 Å². The van der Waals surface area contributed by atoms with Gasteiger partial charge in [0, 0.05) is 13.1 Å². The smallest absolute Gasteiger partial charge is 0.227 e. The summed E-state index contributed by atoms with van der Waals surface area (Å²) in [6.07, 6.45) is 3.01. The second kappa shape index (κ2) is 6.16. The molecule has 2 aromatic rings. The molecule has 1 aromatic heterocycles. The van der Waals surface area contributed by atoms with Crippen LogP contribution in [0.1, 0.15) is 41.3 Å². The Kier molecular flexibility index (Phi) is 3.87. The molecule has 0 saturated carbocycles. The Bertz CT molecular complexity index is 698. The number of carbonyl (C=O) groups is 1. The lowest BCUT2D eigenvalue weighted by Gasteiger charge is -2.11. The summed E-state index contributed by atoms with van der Waals surface area (Å²) in [5.41, 5.74) is 4.66.